The minimum Gasteiger partial charge on any atom is -0.378 e. The van der Waals surface area contributed by atoms with Gasteiger partial charge in [0, 0.05) is 31.3 Å². The summed E-state index contributed by atoms with van der Waals surface area (Å²) in [5.41, 5.74) is 1.18. The van der Waals surface area contributed by atoms with Crippen molar-refractivity contribution >= 4 is 5.91 Å². The lowest BCUT2D eigenvalue weighted by Crippen LogP contribution is -2.63. The number of hydrogen-bond donors (Lipinski definition) is 1. The third kappa shape index (κ3) is 2.71. The van der Waals surface area contributed by atoms with Crippen LogP contribution >= 0.6 is 0 Å². The Morgan fingerprint density at radius 3 is 2.90 bits per heavy atom. The number of amides is 1. The molecule has 1 spiro atoms. The van der Waals surface area contributed by atoms with Gasteiger partial charge in [0.15, 0.2) is 0 Å². The number of nitrogens with zero attached hydrogens (tertiary/aromatic N) is 2. The van der Waals surface area contributed by atoms with Gasteiger partial charge in [-0.25, -0.2) is 0 Å². The first-order valence-electron chi connectivity index (χ1n) is 8.02. The third-order valence-corrected chi connectivity index (χ3v) is 5.15. The number of aromatic nitrogens is 2. The minimum absolute atomic E-state index is 0.106. The monoisotopic (exact) mass is 291 g/mol. The maximum absolute atomic E-state index is 12.2. The Morgan fingerprint density at radius 1 is 1.52 bits per heavy atom. The lowest BCUT2D eigenvalue weighted by molar-refractivity contribution is -0.143. The molecule has 21 heavy (non-hydrogen) atoms. The van der Waals surface area contributed by atoms with E-state index >= 15 is 0 Å². The van der Waals surface area contributed by atoms with Crippen molar-refractivity contribution in [1.29, 1.82) is 0 Å². The van der Waals surface area contributed by atoms with E-state index in [1.807, 2.05) is 13.2 Å². The SMILES string of the molecule is CCO[C@@H]1C[C@@H](NC(=O)Cc2cnn(C)c2)C12CCCC2. The molecule has 5 nitrogen and oxygen atoms in total. The zero-order valence-electron chi connectivity index (χ0n) is 13.0. The molecule has 1 aromatic rings. The number of aryl methyl sites for hydroxylation is 1. The van der Waals surface area contributed by atoms with Crippen LogP contribution in [-0.4, -0.2) is 34.4 Å². The normalized spacial score (nSPS) is 26.8. The molecular formula is C16H25N3O2. The summed E-state index contributed by atoms with van der Waals surface area (Å²) in [6.07, 6.45) is 10.3. The molecule has 3 rings (SSSR count). The summed E-state index contributed by atoms with van der Waals surface area (Å²) < 4.78 is 7.62. The molecule has 0 aromatic carbocycles. The van der Waals surface area contributed by atoms with Gasteiger partial charge in [0.2, 0.25) is 5.91 Å². The fourth-order valence-electron chi connectivity index (χ4n) is 4.08. The average Bonchev–Trinajstić information content (AvgIpc) is 3.08. The predicted molar refractivity (Wildman–Crippen MR) is 79.8 cm³/mol. The summed E-state index contributed by atoms with van der Waals surface area (Å²) >= 11 is 0. The van der Waals surface area contributed by atoms with E-state index in [4.69, 9.17) is 4.74 Å². The summed E-state index contributed by atoms with van der Waals surface area (Å²) in [5, 5.41) is 7.35. The van der Waals surface area contributed by atoms with Gasteiger partial charge in [0.25, 0.3) is 0 Å². The second-order valence-corrected chi connectivity index (χ2v) is 6.44. The summed E-state index contributed by atoms with van der Waals surface area (Å²) in [6.45, 7) is 2.82. The summed E-state index contributed by atoms with van der Waals surface area (Å²) in [4.78, 5) is 12.2. The molecular weight excluding hydrogens is 266 g/mol. The fourth-order valence-corrected chi connectivity index (χ4v) is 4.08. The lowest BCUT2D eigenvalue weighted by Gasteiger charge is -2.54. The summed E-state index contributed by atoms with van der Waals surface area (Å²) in [6, 6.07) is 0.292. The van der Waals surface area contributed by atoms with Crippen LogP contribution in [0.4, 0.5) is 0 Å². The van der Waals surface area contributed by atoms with Gasteiger partial charge in [-0.05, 0) is 31.7 Å². The van der Waals surface area contributed by atoms with Gasteiger partial charge in [-0.3, -0.25) is 9.48 Å². The Hall–Kier alpha value is -1.36. The molecule has 2 aliphatic carbocycles. The average molecular weight is 291 g/mol. The van der Waals surface area contributed by atoms with Crippen LogP contribution in [0.5, 0.6) is 0 Å². The van der Waals surface area contributed by atoms with Crippen molar-refractivity contribution in [3.63, 3.8) is 0 Å². The summed E-state index contributed by atoms with van der Waals surface area (Å²) in [5.74, 6) is 0.106. The van der Waals surface area contributed by atoms with E-state index in [0.29, 0.717) is 18.6 Å². The number of ether oxygens (including phenoxy) is 1. The topological polar surface area (TPSA) is 56.1 Å². The van der Waals surface area contributed by atoms with E-state index in [-0.39, 0.29) is 11.3 Å². The van der Waals surface area contributed by atoms with Gasteiger partial charge in [0.05, 0.1) is 18.7 Å². The van der Waals surface area contributed by atoms with Crippen molar-refractivity contribution in [2.45, 2.75) is 57.6 Å². The van der Waals surface area contributed by atoms with Gasteiger partial charge in [-0.2, -0.15) is 5.10 Å². The van der Waals surface area contributed by atoms with Crippen LogP contribution in [0.3, 0.4) is 0 Å². The van der Waals surface area contributed by atoms with E-state index in [9.17, 15) is 4.79 Å². The van der Waals surface area contributed by atoms with Crippen molar-refractivity contribution in [2.75, 3.05) is 6.61 Å². The van der Waals surface area contributed by atoms with Crippen molar-refractivity contribution in [2.24, 2.45) is 12.5 Å². The van der Waals surface area contributed by atoms with E-state index in [0.717, 1.165) is 18.6 Å². The molecule has 0 aliphatic heterocycles. The molecule has 0 radical (unpaired) electrons. The van der Waals surface area contributed by atoms with Gasteiger partial charge >= 0.3 is 0 Å². The molecule has 1 amide bonds. The highest BCUT2D eigenvalue weighted by molar-refractivity contribution is 5.79. The molecule has 2 fully saturated rings. The van der Waals surface area contributed by atoms with Crippen LogP contribution in [0.1, 0.15) is 44.6 Å². The van der Waals surface area contributed by atoms with Crippen LogP contribution in [0, 0.1) is 5.41 Å². The Labute approximate surface area is 126 Å². The van der Waals surface area contributed by atoms with Crippen LogP contribution in [0.25, 0.3) is 0 Å². The highest BCUT2D eigenvalue weighted by atomic mass is 16.5. The molecule has 0 unspecified atom stereocenters. The first-order chi connectivity index (χ1) is 10.1. The number of hydrogen-bond acceptors (Lipinski definition) is 3. The van der Waals surface area contributed by atoms with Gasteiger partial charge < -0.3 is 10.1 Å². The first-order valence-corrected chi connectivity index (χ1v) is 8.02. The van der Waals surface area contributed by atoms with E-state index in [1.165, 1.54) is 25.7 Å². The molecule has 1 N–H and O–H groups in total. The molecule has 0 saturated heterocycles. The number of carbonyl (C=O) groups is 1. The second-order valence-electron chi connectivity index (χ2n) is 6.44. The first kappa shape index (κ1) is 14.6. The Kier molecular flexibility index (Phi) is 4.02. The molecule has 116 valence electrons. The van der Waals surface area contributed by atoms with Crippen molar-refractivity contribution in [3.8, 4) is 0 Å². The molecule has 0 bridgehead atoms. The highest BCUT2D eigenvalue weighted by Crippen LogP contribution is 2.54. The maximum Gasteiger partial charge on any atom is 0.224 e. The van der Waals surface area contributed by atoms with Crippen LogP contribution in [-0.2, 0) is 23.0 Å². The van der Waals surface area contributed by atoms with Gasteiger partial charge in [-0.15, -0.1) is 0 Å². The van der Waals surface area contributed by atoms with Crippen LogP contribution in [0.2, 0.25) is 0 Å². The molecule has 2 aliphatic rings. The minimum atomic E-state index is 0.106. The number of nitrogens with one attached hydrogen (secondary N) is 1. The molecule has 1 heterocycles. The van der Waals surface area contributed by atoms with Crippen molar-refractivity contribution in [1.82, 2.24) is 15.1 Å². The van der Waals surface area contributed by atoms with Crippen molar-refractivity contribution in [3.05, 3.63) is 18.0 Å². The smallest absolute Gasteiger partial charge is 0.224 e. The third-order valence-electron chi connectivity index (χ3n) is 5.15. The number of carbonyl (C=O) groups excluding carboxylic acids is 1. The molecule has 2 saturated carbocycles. The summed E-state index contributed by atoms with van der Waals surface area (Å²) in [7, 11) is 1.87. The molecule has 1 aromatic heterocycles. The van der Waals surface area contributed by atoms with Crippen LogP contribution < -0.4 is 5.32 Å². The Balaban J connectivity index is 1.58. The maximum atomic E-state index is 12.2. The Bertz CT molecular complexity index is 505. The van der Waals surface area contributed by atoms with Gasteiger partial charge in [0.1, 0.15) is 0 Å². The highest BCUT2D eigenvalue weighted by Gasteiger charge is 2.57. The van der Waals surface area contributed by atoms with E-state index < -0.39 is 0 Å². The number of rotatable bonds is 5. The van der Waals surface area contributed by atoms with Crippen molar-refractivity contribution < 1.29 is 9.53 Å². The largest absolute Gasteiger partial charge is 0.378 e. The lowest BCUT2D eigenvalue weighted by atomic mass is 9.60. The van der Waals surface area contributed by atoms with Gasteiger partial charge in [-0.1, -0.05) is 12.8 Å². The second kappa shape index (κ2) is 5.79. The molecule has 2 atom stereocenters. The molecule has 5 heteroatoms. The zero-order chi connectivity index (χ0) is 14.9. The predicted octanol–water partition coefficient (Wildman–Crippen LogP) is 1.82. The Morgan fingerprint density at radius 2 is 2.29 bits per heavy atom. The fraction of sp³-hybridized carbons (Fsp3) is 0.750. The van der Waals surface area contributed by atoms with E-state index in [2.05, 4.69) is 17.3 Å². The van der Waals surface area contributed by atoms with E-state index in [1.54, 1.807) is 10.9 Å². The quantitative estimate of drug-likeness (QED) is 0.900. The van der Waals surface area contributed by atoms with Crippen LogP contribution in [0.15, 0.2) is 12.4 Å². The zero-order valence-corrected chi connectivity index (χ0v) is 13.0. The standard InChI is InChI=1S/C16H25N3O2/c1-3-21-14-9-13(16(14)6-4-5-7-16)18-15(20)8-12-10-17-19(2)11-12/h10-11,13-14H,3-9H2,1-2H3,(H,18,20)/t13-,14-/m1/s1.